The van der Waals surface area contributed by atoms with Gasteiger partial charge >= 0.3 is 0 Å². The topological polar surface area (TPSA) is 38.7 Å². The SMILES string of the molecule is c1ccc(-c2ccc(-c3nc(-c4ccc(-c5ccccc5)cc4)nc(-c4cccc(-c5ccc6c7ccccc7c7ccccc7c6c5)c4)n3)cc2)cc1. The summed E-state index contributed by atoms with van der Waals surface area (Å²) in [5.74, 6) is 1.90. The lowest BCUT2D eigenvalue weighted by Gasteiger charge is -2.13. The van der Waals surface area contributed by atoms with Gasteiger partial charge in [0, 0.05) is 16.7 Å². The van der Waals surface area contributed by atoms with Crippen molar-refractivity contribution in [2.45, 2.75) is 0 Å². The van der Waals surface area contributed by atoms with E-state index in [-0.39, 0.29) is 0 Å². The molecule has 3 heteroatoms. The molecule has 3 nitrogen and oxygen atoms in total. The zero-order chi connectivity index (χ0) is 35.8. The van der Waals surface area contributed by atoms with Gasteiger partial charge in [0.2, 0.25) is 0 Å². The second-order valence-electron chi connectivity index (χ2n) is 13.6. The first-order valence-corrected chi connectivity index (χ1v) is 18.3. The number of rotatable bonds is 6. The summed E-state index contributed by atoms with van der Waals surface area (Å²) in [6.45, 7) is 0. The first kappa shape index (κ1) is 31.5. The van der Waals surface area contributed by atoms with Crippen molar-refractivity contribution >= 4 is 32.3 Å². The van der Waals surface area contributed by atoms with Crippen LogP contribution in [0.15, 0.2) is 200 Å². The molecule has 0 saturated heterocycles. The Morgan fingerprint density at radius 3 is 1.00 bits per heavy atom. The Bertz CT molecular complexity index is 2820. The molecule has 0 aliphatic rings. The van der Waals surface area contributed by atoms with E-state index in [0.29, 0.717) is 17.5 Å². The van der Waals surface area contributed by atoms with E-state index in [0.717, 1.165) is 38.9 Å². The zero-order valence-corrected chi connectivity index (χ0v) is 29.4. The lowest BCUT2D eigenvalue weighted by Crippen LogP contribution is -2.00. The van der Waals surface area contributed by atoms with E-state index in [2.05, 4.69) is 188 Å². The molecule has 0 aliphatic carbocycles. The number of aromatic nitrogens is 3. The van der Waals surface area contributed by atoms with Crippen molar-refractivity contribution in [2.75, 3.05) is 0 Å². The Morgan fingerprint density at radius 2 is 0.500 bits per heavy atom. The highest BCUT2D eigenvalue weighted by Gasteiger charge is 2.15. The van der Waals surface area contributed by atoms with Gasteiger partial charge in [-0.2, -0.15) is 0 Å². The van der Waals surface area contributed by atoms with Crippen LogP contribution in [0.2, 0.25) is 0 Å². The molecule has 0 N–H and O–H groups in total. The number of hydrogen-bond donors (Lipinski definition) is 0. The van der Waals surface area contributed by atoms with Gasteiger partial charge in [0.1, 0.15) is 0 Å². The van der Waals surface area contributed by atoms with Gasteiger partial charge < -0.3 is 0 Å². The maximum atomic E-state index is 5.10. The molecule has 0 amide bonds. The highest BCUT2D eigenvalue weighted by molar-refractivity contribution is 6.25. The predicted octanol–water partition coefficient (Wildman–Crippen LogP) is 13.3. The summed E-state index contributed by atoms with van der Waals surface area (Å²) in [5, 5.41) is 7.58. The van der Waals surface area contributed by atoms with Gasteiger partial charge in [0.05, 0.1) is 0 Å². The van der Waals surface area contributed by atoms with E-state index in [1.165, 1.54) is 43.4 Å². The predicted molar refractivity (Wildman–Crippen MR) is 225 cm³/mol. The smallest absolute Gasteiger partial charge is 0.164 e. The number of benzene rings is 9. The van der Waals surface area contributed by atoms with Crippen molar-refractivity contribution in [1.82, 2.24) is 15.0 Å². The lowest BCUT2D eigenvalue weighted by molar-refractivity contribution is 1.07. The van der Waals surface area contributed by atoms with Gasteiger partial charge in [-0.05, 0) is 77.8 Å². The summed E-state index contributed by atoms with van der Waals surface area (Å²) in [7, 11) is 0. The minimum absolute atomic E-state index is 0.633. The number of fused-ring (bicyclic) bond motifs is 6. The summed E-state index contributed by atoms with van der Waals surface area (Å²) in [5.41, 5.74) is 9.70. The fourth-order valence-corrected chi connectivity index (χ4v) is 7.57. The highest BCUT2D eigenvalue weighted by atomic mass is 15.0. The van der Waals surface area contributed by atoms with Crippen molar-refractivity contribution in [2.24, 2.45) is 0 Å². The summed E-state index contributed by atoms with van der Waals surface area (Å²) in [6, 6.07) is 70.6. The van der Waals surface area contributed by atoms with Gasteiger partial charge in [-0.1, -0.05) is 188 Å². The molecule has 0 bridgehead atoms. The second kappa shape index (κ2) is 13.4. The van der Waals surface area contributed by atoms with Crippen LogP contribution in [0, 0.1) is 0 Å². The summed E-state index contributed by atoms with van der Waals surface area (Å²) in [6.07, 6.45) is 0. The molecule has 0 aliphatic heterocycles. The van der Waals surface area contributed by atoms with Crippen molar-refractivity contribution in [3.63, 3.8) is 0 Å². The van der Waals surface area contributed by atoms with Crippen LogP contribution in [0.3, 0.4) is 0 Å². The molecule has 9 aromatic carbocycles. The van der Waals surface area contributed by atoms with Gasteiger partial charge in [-0.25, -0.2) is 15.0 Å². The molecule has 54 heavy (non-hydrogen) atoms. The second-order valence-corrected chi connectivity index (χ2v) is 13.6. The molecule has 252 valence electrons. The Morgan fingerprint density at radius 1 is 0.185 bits per heavy atom. The fraction of sp³-hybridized carbons (Fsp3) is 0. The highest BCUT2D eigenvalue weighted by Crippen LogP contribution is 2.38. The molecule has 10 aromatic rings. The Hall–Kier alpha value is -7.23. The minimum atomic E-state index is 0.633. The van der Waals surface area contributed by atoms with E-state index in [4.69, 9.17) is 15.0 Å². The number of hydrogen-bond acceptors (Lipinski definition) is 3. The third-order valence-electron chi connectivity index (χ3n) is 10.3. The molecule has 10 rings (SSSR count). The molecule has 0 spiro atoms. The monoisotopic (exact) mass is 687 g/mol. The van der Waals surface area contributed by atoms with E-state index >= 15 is 0 Å². The van der Waals surface area contributed by atoms with Gasteiger partial charge in [-0.15, -0.1) is 0 Å². The maximum Gasteiger partial charge on any atom is 0.164 e. The first-order valence-electron chi connectivity index (χ1n) is 18.3. The third-order valence-corrected chi connectivity index (χ3v) is 10.3. The Kier molecular flexibility index (Phi) is 7.81. The average molecular weight is 688 g/mol. The van der Waals surface area contributed by atoms with Crippen LogP contribution in [0.5, 0.6) is 0 Å². The van der Waals surface area contributed by atoms with Crippen molar-refractivity contribution in [3.8, 4) is 67.5 Å². The molecular formula is C51H33N3. The Labute approximate surface area is 313 Å². The molecule has 0 saturated carbocycles. The third kappa shape index (κ3) is 5.78. The van der Waals surface area contributed by atoms with E-state index < -0.39 is 0 Å². The van der Waals surface area contributed by atoms with E-state index in [1.807, 2.05) is 12.1 Å². The molecule has 0 fully saturated rings. The quantitative estimate of drug-likeness (QED) is 0.163. The number of nitrogens with zero attached hydrogens (tertiary/aromatic N) is 3. The standard InChI is InChI=1S/C51H33N3/c1-3-12-34(13-4-1)36-22-26-38(27-23-36)49-52-50(39-28-24-37(25-29-39)35-14-5-2-6-15-35)54-51(53-49)42-17-11-16-40(32-42)41-30-31-47-45-20-8-7-18-43(45)44-19-9-10-21-46(44)48(47)33-41/h1-33H. The van der Waals surface area contributed by atoms with Crippen LogP contribution >= 0.6 is 0 Å². The molecule has 1 heterocycles. The van der Waals surface area contributed by atoms with Crippen LogP contribution in [-0.4, -0.2) is 15.0 Å². The van der Waals surface area contributed by atoms with Crippen LogP contribution in [0.25, 0.3) is 99.9 Å². The van der Waals surface area contributed by atoms with Crippen molar-refractivity contribution in [1.29, 1.82) is 0 Å². The molecule has 0 atom stereocenters. The van der Waals surface area contributed by atoms with Crippen LogP contribution in [0.1, 0.15) is 0 Å². The van der Waals surface area contributed by atoms with Crippen LogP contribution in [0.4, 0.5) is 0 Å². The largest absolute Gasteiger partial charge is 0.208 e. The molecule has 0 radical (unpaired) electrons. The maximum absolute atomic E-state index is 5.10. The van der Waals surface area contributed by atoms with Crippen LogP contribution < -0.4 is 0 Å². The average Bonchev–Trinajstić information content (AvgIpc) is 3.27. The van der Waals surface area contributed by atoms with Crippen molar-refractivity contribution < 1.29 is 0 Å². The van der Waals surface area contributed by atoms with Gasteiger partial charge in [0.25, 0.3) is 0 Å². The van der Waals surface area contributed by atoms with Gasteiger partial charge in [0.15, 0.2) is 17.5 Å². The normalized spacial score (nSPS) is 11.3. The fourth-order valence-electron chi connectivity index (χ4n) is 7.57. The van der Waals surface area contributed by atoms with Crippen molar-refractivity contribution in [3.05, 3.63) is 200 Å². The molecule has 1 aromatic heterocycles. The Balaban J connectivity index is 1.09. The summed E-state index contributed by atoms with van der Waals surface area (Å²) < 4.78 is 0. The van der Waals surface area contributed by atoms with E-state index in [9.17, 15) is 0 Å². The van der Waals surface area contributed by atoms with E-state index in [1.54, 1.807) is 0 Å². The summed E-state index contributed by atoms with van der Waals surface area (Å²) >= 11 is 0. The van der Waals surface area contributed by atoms with Crippen LogP contribution in [-0.2, 0) is 0 Å². The lowest BCUT2D eigenvalue weighted by atomic mass is 9.92. The zero-order valence-electron chi connectivity index (χ0n) is 29.4. The first-order chi connectivity index (χ1) is 26.7. The molecule has 0 unspecified atom stereocenters. The molecular weight excluding hydrogens is 655 g/mol. The minimum Gasteiger partial charge on any atom is -0.208 e. The summed E-state index contributed by atoms with van der Waals surface area (Å²) in [4.78, 5) is 15.3. The van der Waals surface area contributed by atoms with Gasteiger partial charge in [-0.3, -0.25) is 0 Å².